The molecule has 5 nitrogen and oxygen atoms in total. The molecule has 1 heterocycles. The topological polar surface area (TPSA) is 72.0 Å². The van der Waals surface area contributed by atoms with Crippen molar-refractivity contribution in [1.82, 2.24) is 0 Å². The maximum Gasteiger partial charge on any atom is 0.349 e. The summed E-state index contributed by atoms with van der Waals surface area (Å²) in [4.78, 5) is 16.1. The second-order valence-corrected chi connectivity index (χ2v) is 5.37. The van der Waals surface area contributed by atoms with Gasteiger partial charge in [-0.2, -0.15) is 4.39 Å². The number of hydrogen-bond donors (Lipinski definition) is 1. The van der Waals surface area contributed by atoms with E-state index in [4.69, 9.17) is 4.74 Å². The zero-order valence-electron chi connectivity index (χ0n) is 13.9. The van der Waals surface area contributed by atoms with Crippen molar-refractivity contribution < 1.29 is 31.8 Å². The number of fused-ring (bicyclic) bond motifs is 1. The van der Waals surface area contributed by atoms with E-state index >= 15 is 0 Å². The van der Waals surface area contributed by atoms with Crippen LogP contribution in [0.1, 0.15) is 11.1 Å². The van der Waals surface area contributed by atoms with Gasteiger partial charge in [0.2, 0.25) is 11.6 Å². The van der Waals surface area contributed by atoms with E-state index in [1.165, 1.54) is 38.4 Å². The first kappa shape index (κ1) is 18.4. The summed E-state index contributed by atoms with van der Waals surface area (Å²) in [7, 11) is 2.73. The number of halogens is 4. The van der Waals surface area contributed by atoms with E-state index in [-0.39, 0.29) is 5.71 Å². The minimum Gasteiger partial charge on any atom is -0.506 e. The van der Waals surface area contributed by atoms with Crippen molar-refractivity contribution >= 4 is 16.7 Å². The van der Waals surface area contributed by atoms with Gasteiger partial charge in [-0.1, -0.05) is 0 Å². The van der Waals surface area contributed by atoms with Crippen LogP contribution in [0.4, 0.5) is 17.6 Å². The Balaban J connectivity index is 2.35. The third-order valence-corrected chi connectivity index (χ3v) is 3.92. The molecule has 3 rings (SSSR count). The van der Waals surface area contributed by atoms with Crippen LogP contribution < -0.4 is 10.4 Å². The fourth-order valence-electron chi connectivity index (χ4n) is 2.63. The highest BCUT2D eigenvalue weighted by molar-refractivity contribution is 6.16. The number of aliphatic imine (C=N–C) groups is 1. The lowest BCUT2D eigenvalue weighted by atomic mass is 10.0. The van der Waals surface area contributed by atoms with Crippen LogP contribution in [0, 0.1) is 23.3 Å². The van der Waals surface area contributed by atoms with E-state index in [9.17, 15) is 27.5 Å². The minimum absolute atomic E-state index is 0.129. The van der Waals surface area contributed by atoms with E-state index in [0.29, 0.717) is 11.3 Å². The fourth-order valence-corrected chi connectivity index (χ4v) is 2.63. The van der Waals surface area contributed by atoms with Gasteiger partial charge in [-0.05, 0) is 24.3 Å². The number of methoxy groups -OCH3 is 1. The quantitative estimate of drug-likeness (QED) is 0.248. The van der Waals surface area contributed by atoms with Gasteiger partial charge in [-0.3, -0.25) is 4.99 Å². The molecular weight excluding hydrogens is 370 g/mol. The predicted octanol–water partition coefficient (Wildman–Crippen LogP) is 3.53. The molecule has 0 aliphatic rings. The number of benzene rings is 2. The molecule has 0 atom stereocenters. The largest absolute Gasteiger partial charge is 0.506 e. The zero-order chi connectivity index (χ0) is 19.9. The Labute approximate surface area is 149 Å². The smallest absolute Gasteiger partial charge is 0.349 e. The van der Waals surface area contributed by atoms with Gasteiger partial charge >= 0.3 is 5.63 Å². The lowest BCUT2D eigenvalue weighted by Crippen LogP contribution is -2.17. The van der Waals surface area contributed by atoms with Gasteiger partial charge < -0.3 is 14.3 Å². The number of rotatable bonds is 3. The van der Waals surface area contributed by atoms with Gasteiger partial charge in [-0.15, -0.1) is 0 Å². The molecule has 0 aliphatic heterocycles. The Hall–Kier alpha value is -3.36. The second-order valence-electron chi connectivity index (χ2n) is 5.37. The third kappa shape index (κ3) is 2.80. The van der Waals surface area contributed by atoms with Gasteiger partial charge in [0.15, 0.2) is 17.2 Å². The molecule has 0 saturated heterocycles. The van der Waals surface area contributed by atoms with E-state index in [1.54, 1.807) is 0 Å². The van der Waals surface area contributed by atoms with Crippen LogP contribution >= 0.6 is 0 Å². The Bertz CT molecular complexity index is 1140. The Kier molecular flexibility index (Phi) is 4.61. The van der Waals surface area contributed by atoms with Crippen LogP contribution in [0.5, 0.6) is 11.5 Å². The van der Waals surface area contributed by atoms with Crippen molar-refractivity contribution in [3.05, 3.63) is 69.1 Å². The van der Waals surface area contributed by atoms with Crippen LogP contribution in [0.3, 0.4) is 0 Å². The molecule has 2 aromatic carbocycles. The maximum atomic E-state index is 14.1. The lowest BCUT2D eigenvalue weighted by Gasteiger charge is -2.11. The first-order valence-electron chi connectivity index (χ1n) is 7.45. The average Bonchev–Trinajstić information content (AvgIpc) is 2.67. The normalized spacial score (nSPS) is 11.9. The molecular formula is C18H11F4NO4. The van der Waals surface area contributed by atoms with Crippen molar-refractivity contribution in [2.24, 2.45) is 4.99 Å². The molecule has 0 bridgehead atoms. The van der Waals surface area contributed by atoms with E-state index < -0.39 is 51.2 Å². The first-order chi connectivity index (χ1) is 12.8. The highest BCUT2D eigenvalue weighted by Gasteiger charge is 2.29. The SMILES string of the molecule is CN=C(c1ccc(OC)cc1)c1c(O)c2c(F)c(F)c(F)c(F)c2oc1=O. The molecule has 0 radical (unpaired) electrons. The van der Waals surface area contributed by atoms with Gasteiger partial charge in [0, 0.05) is 12.6 Å². The van der Waals surface area contributed by atoms with Crippen molar-refractivity contribution in [3.63, 3.8) is 0 Å². The summed E-state index contributed by atoms with van der Waals surface area (Å²) >= 11 is 0. The van der Waals surface area contributed by atoms with E-state index in [2.05, 4.69) is 9.41 Å². The number of nitrogens with zero attached hydrogens (tertiary/aromatic N) is 1. The van der Waals surface area contributed by atoms with E-state index in [0.717, 1.165) is 0 Å². The average molecular weight is 381 g/mol. The molecule has 0 unspecified atom stereocenters. The Morgan fingerprint density at radius 2 is 1.63 bits per heavy atom. The third-order valence-electron chi connectivity index (χ3n) is 3.92. The summed E-state index contributed by atoms with van der Waals surface area (Å²) in [5, 5.41) is 9.25. The fraction of sp³-hybridized carbons (Fsp3) is 0.111. The summed E-state index contributed by atoms with van der Waals surface area (Å²) < 4.78 is 64.5. The summed E-state index contributed by atoms with van der Waals surface area (Å²) in [5.74, 6) is -8.74. The molecule has 0 aliphatic carbocycles. The molecule has 9 heteroatoms. The summed E-state index contributed by atoms with van der Waals surface area (Å²) in [6.07, 6.45) is 0. The monoisotopic (exact) mass is 381 g/mol. The van der Waals surface area contributed by atoms with Crippen LogP contribution in [0.25, 0.3) is 11.0 Å². The minimum atomic E-state index is -2.16. The van der Waals surface area contributed by atoms with Crippen LogP contribution in [-0.4, -0.2) is 25.0 Å². The van der Waals surface area contributed by atoms with E-state index in [1.807, 2.05) is 0 Å². The number of aromatic hydroxyl groups is 1. The summed E-state index contributed by atoms with van der Waals surface area (Å²) in [5.41, 5.74) is -2.98. The molecule has 140 valence electrons. The molecule has 0 spiro atoms. The van der Waals surface area contributed by atoms with Crippen LogP contribution in [0.15, 0.2) is 38.5 Å². The summed E-state index contributed by atoms with van der Waals surface area (Å²) in [6, 6.07) is 6.06. The standard InChI is InChI=1S/C18H11F4NO4/c1-23-15(7-3-5-8(26-2)6-4-7)10-16(24)9-11(19)12(20)13(21)14(22)17(9)27-18(10)25/h3-6,24H,1-2H3. The van der Waals surface area contributed by atoms with Gasteiger partial charge in [0.1, 0.15) is 22.4 Å². The van der Waals surface area contributed by atoms with Crippen LogP contribution in [0.2, 0.25) is 0 Å². The van der Waals surface area contributed by atoms with Gasteiger partial charge in [0.05, 0.1) is 12.8 Å². The van der Waals surface area contributed by atoms with Crippen LogP contribution in [-0.2, 0) is 0 Å². The van der Waals surface area contributed by atoms with Crippen molar-refractivity contribution in [2.45, 2.75) is 0 Å². The lowest BCUT2D eigenvalue weighted by molar-refractivity contribution is 0.398. The molecule has 1 aromatic heterocycles. The van der Waals surface area contributed by atoms with Gasteiger partial charge in [0.25, 0.3) is 0 Å². The molecule has 0 amide bonds. The molecule has 3 aromatic rings. The van der Waals surface area contributed by atoms with Gasteiger partial charge in [-0.25, -0.2) is 18.0 Å². The maximum absolute atomic E-state index is 14.1. The Morgan fingerprint density at radius 3 is 2.19 bits per heavy atom. The number of ether oxygens (including phenoxy) is 1. The highest BCUT2D eigenvalue weighted by Crippen LogP contribution is 2.34. The van der Waals surface area contributed by atoms with Crippen molar-refractivity contribution in [1.29, 1.82) is 0 Å². The predicted molar refractivity (Wildman–Crippen MR) is 88.5 cm³/mol. The molecule has 27 heavy (non-hydrogen) atoms. The Morgan fingerprint density at radius 1 is 1.04 bits per heavy atom. The van der Waals surface area contributed by atoms with Crippen molar-refractivity contribution in [2.75, 3.05) is 14.2 Å². The summed E-state index contributed by atoms with van der Waals surface area (Å²) in [6.45, 7) is 0. The molecule has 0 saturated carbocycles. The van der Waals surface area contributed by atoms with Crippen molar-refractivity contribution in [3.8, 4) is 11.5 Å². The first-order valence-corrected chi connectivity index (χ1v) is 7.45. The molecule has 0 fully saturated rings. The second kappa shape index (κ2) is 6.75. The highest BCUT2D eigenvalue weighted by atomic mass is 19.2. The molecule has 1 N–H and O–H groups in total. The zero-order valence-corrected chi connectivity index (χ0v) is 13.9. The number of hydrogen-bond acceptors (Lipinski definition) is 5.